The molecule has 1 aromatic carbocycles. The summed E-state index contributed by atoms with van der Waals surface area (Å²) in [6.45, 7) is 4.69. The van der Waals surface area contributed by atoms with Crippen molar-refractivity contribution < 1.29 is 13.2 Å². The van der Waals surface area contributed by atoms with Gasteiger partial charge in [0.2, 0.25) is 10.0 Å². The van der Waals surface area contributed by atoms with E-state index in [4.69, 9.17) is 0 Å². The van der Waals surface area contributed by atoms with Gasteiger partial charge in [-0.3, -0.25) is 4.79 Å². The molecule has 1 aliphatic rings. The first-order chi connectivity index (χ1) is 14.2. The molecule has 0 bridgehead atoms. The summed E-state index contributed by atoms with van der Waals surface area (Å²) in [6, 6.07) is 9.10. The molecule has 1 aliphatic heterocycles. The van der Waals surface area contributed by atoms with Gasteiger partial charge in [-0.2, -0.15) is 4.31 Å². The largest absolute Gasteiger partial charge is 0.344 e. The minimum atomic E-state index is -3.58. The van der Waals surface area contributed by atoms with Crippen molar-refractivity contribution in [1.82, 2.24) is 14.2 Å². The number of aryl methyl sites for hydroxylation is 2. The van der Waals surface area contributed by atoms with Crippen LogP contribution in [-0.4, -0.2) is 55.7 Å². The van der Waals surface area contributed by atoms with E-state index < -0.39 is 10.0 Å². The van der Waals surface area contributed by atoms with Crippen LogP contribution in [0.3, 0.4) is 0 Å². The molecule has 0 spiro atoms. The second-order valence-corrected chi connectivity index (χ2v) is 10.9. The third kappa shape index (κ3) is 3.53. The van der Waals surface area contributed by atoms with Crippen LogP contribution in [-0.2, 0) is 10.0 Å². The van der Waals surface area contributed by atoms with E-state index in [1.54, 1.807) is 41.6 Å². The zero-order valence-corrected chi connectivity index (χ0v) is 19.2. The van der Waals surface area contributed by atoms with Gasteiger partial charge < -0.3 is 4.90 Å². The average Bonchev–Trinajstić information content (AvgIpc) is 3.34. The van der Waals surface area contributed by atoms with Gasteiger partial charge in [-0.25, -0.2) is 13.4 Å². The summed E-state index contributed by atoms with van der Waals surface area (Å²) in [5.74, 6) is -0.105. The van der Waals surface area contributed by atoms with Crippen molar-refractivity contribution in [2.24, 2.45) is 0 Å². The lowest BCUT2D eigenvalue weighted by molar-refractivity contribution is 0.0831. The van der Waals surface area contributed by atoms with Crippen molar-refractivity contribution in [3.8, 4) is 0 Å². The number of amides is 1. The van der Waals surface area contributed by atoms with Crippen LogP contribution >= 0.6 is 11.3 Å². The highest BCUT2D eigenvalue weighted by Gasteiger charge is 2.36. The molecule has 30 heavy (non-hydrogen) atoms. The van der Waals surface area contributed by atoms with Gasteiger partial charge in [0.25, 0.3) is 5.91 Å². The second-order valence-electron chi connectivity index (χ2n) is 8.00. The molecule has 8 heteroatoms. The normalized spacial score (nSPS) is 17.5. The molecule has 3 heterocycles. The maximum absolute atomic E-state index is 13.2. The molecule has 6 nitrogen and oxygen atoms in total. The summed E-state index contributed by atoms with van der Waals surface area (Å²) in [5.41, 5.74) is 2.96. The number of hydrogen-bond donors (Lipinski definition) is 0. The molecule has 158 valence electrons. The van der Waals surface area contributed by atoms with Crippen LogP contribution in [0.4, 0.5) is 0 Å². The molecule has 0 N–H and O–H groups in total. The number of carbonyl (C=O) groups excluding carboxylic acids is 1. The van der Waals surface area contributed by atoms with E-state index in [1.165, 1.54) is 11.3 Å². The van der Waals surface area contributed by atoms with E-state index in [2.05, 4.69) is 4.98 Å². The average molecular weight is 444 g/mol. The Kier molecular flexibility index (Phi) is 5.42. The summed E-state index contributed by atoms with van der Waals surface area (Å²) in [6.07, 6.45) is 2.40. The van der Waals surface area contributed by atoms with Crippen LogP contribution in [0.1, 0.15) is 38.7 Å². The minimum Gasteiger partial charge on any atom is -0.344 e. The Morgan fingerprint density at radius 3 is 2.67 bits per heavy atom. The first-order valence-corrected chi connectivity index (χ1v) is 12.1. The van der Waals surface area contributed by atoms with Crippen molar-refractivity contribution >= 4 is 37.5 Å². The number of rotatable bonds is 4. The lowest BCUT2D eigenvalue weighted by Gasteiger charge is -2.18. The number of carbonyl (C=O) groups is 1. The summed E-state index contributed by atoms with van der Waals surface area (Å²) in [7, 11) is -0.116. The molecule has 3 aromatic rings. The third-order valence-corrected chi connectivity index (χ3v) is 8.76. The number of nitrogens with zero attached hydrogens (tertiary/aromatic N) is 3. The minimum absolute atomic E-state index is 0.0387. The van der Waals surface area contributed by atoms with Gasteiger partial charge in [0.1, 0.15) is 4.83 Å². The molecule has 4 rings (SSSR count). The SMILES string of the molecule is Cc1ccc(S(=O)(=O)N2CC[C@H](c3c(C(=O)N(C)C)sc4ncccc34)C2)cc1C. The zero-order chi connectivity index (χ0) is 21.6. The lowest BCUT2D eigenvalue weighted by atomic mass is 9.95. The molecular weight excluding hydrogens is 418 g/mol. The van der Waals surface area contributed by atoms with E-state index in [9.17, 15) is 13.2 Å². The summed E-state index contributed by atoms with van der Waals surface area (Å²) in [5, 5.41) is 0.947. The molecule has 0 unspecified atom stereocenters. The molecule has 0 saturated carbocycles. The maximum Gasteiger partial charge on any atom is 0.263 e. The van der Waals surface area contributed by atoms with Crippen molar-refractivity contribution in [3.05, 3.63) is 58.1 Å². The molecule has 1 saturated heterocycles. The van der Waals surface area contributed by atoms with Crippen LogP contribution in [0.2, 0.25) is 0 Å². The van der Waals surface area contributed by atoms with Gasteiger partial charge in [-0.15, -0.1) is 11.3 Å². The topological polar surface area (TPSA) is 70.6 Å². The smallest absolute Gasteiger partial charge is 0.263 e. The second kappa shape index (κ2) is 7.76. The van der Waals surface area contributed by atoms with Crippen LogP contribution in [0.5, 0.6) is 0 Å². The first kappa shape index (κ1) is 21.0. The number of fused-ring (bicyclic) bond motifs is 1. The van der Waals surface area contributed by atoms with Gasteiger partial charge in [0.05, 0.1) is 9.77 Å². The van der Waals surface area contributed by atoms with Crippen molar-refractivity contribution in [2.45, 2.75) is 31.1 Å². The predicted molar refractivity (Wildman–Crippen MR) is 120 cm³/mol. The number of aromatic nitrogens is 1. The van der Waals surface area contributed by atoms with Crippen LogP contribution in [0.15, 0.2) is 41.4 Å². The molecule has 2 aromatic heterocycles. The maximum atomic E-state index is 13.2. The number of benzene rings is 1. The fourth-order valence-electron chi connectivity index (χ4n) is 3.92. The van der Waals surface area contributed by atoms with Gasteiger partial charge in [0, 0.05) is 44.7 Å². The third-order valence-electron chi connectivity index (χ3n) is 5.78. The Labute approximate surface area is 181 Å². The van der Waals surface area contributed by atoms with Crippen molar-refractivity contribution in [2.75, 3.05) is 27.2 Å². The number of pyridine rings is 1. The standard InChI is InChI=1S/C22H25N3O3S2/c1-14-7-8-17(12-15(14)2)30(27,28)25-11-9-16(13-25)19-18-6-5-10-23-21(18)29-20(19)22(26)24(3)4/h5-8,10,12,16H,9,11,13H2,1-4H3/t16-/m0/s1. The summed E-state index contributed by atoms with van der Waals surface area (Å²) < 4.78 is 28.0. The van der Waals surface area contributed by atoms with E-state index >= 15 is 0 Å². The van der Waals surface area contributed by atoms with Crippen molar-refractivity contribution in [1.29, 1.82) is 0 Å². The Hall–Kier alpha value is -2.29. The zero-order valence-electron chi connectivity index (χ0n) is 17.5. The van der Waals surface area contributed by atoms with Crippen LogP contribution < -0.4 is 0 Å². The highest BCUT2D eigenvalue weighted by Crippen LogP contribution is 2.41. The Balaban J connectivity index is 1.71. The first-order valence-electron chi connectivity index (χ1n) is 9.86. The number of sulfonamides is 1. The monoisotopic (exact) mass is 443 g/mol. The number of thiophene rings is 1. The highest BCUT2D eigenvalue weighted by atomic mass is 32.2. The summed E-state index contributed by atoms with van der Waals surface area (Å²) >= 11 is 1.39. The molecule has 0 radical (unpaired) electrons. The fraction of sp³-hybridized carbons (Fsp3) is 0.364. The highest BCUT2D eigenvalue weighted by molar-refractivity contribution is 7.89. The van der Waals surface area contributed by atoms with Gasteiger partial charge in [-0.1, -0.05) is 12.1 Å². The Morgan fingerprint density at radius 2 is 1.97 bits per heavy atom. The van der Waals surface area contributed by atoms with E-state index in [0.29, 0.717) is 29.3 Å². The summed E-state index contributed by atoms with van der Waals surface area (Å²) in [4.78, 5) is 20.6. The van der Waals surface area contributed by atoms with Crippen LogP contribution in [0.25, 0.3) is 10.2 Å². The van der Waals surface area contributed by atoms with E-state index in [0.717, 1.165) is 26.9 Å². The lowest BCUT2D eigenvalue weighted by Crippen LogP contribution is -2.29. The van der Waals surface area contributed by atoms with E-state index in [-0.39, 0.29) is 11.8 Å². The molecule has 1 atom stereocenters. The number of hydrogen-bond acceptors (Lipinski definition) is 5. The molecule has 1 amide bonds. The van der Waals surface area contributed by atoms with Crippen molar-refractivity contribution in [3.63, 3.8) is 0 Å². The Bertz CT molecular complexity index is 1230. The quantitative estimate of drug-likeness (QED) is 0.615. The van der Waals surface area contributed by atoms with Gasteiger partial charge in [0.15, 0.2) is 0 Å². The Morgan fingerprint density at radius 1 is 1.20 bits per heavy atom. The van der Waals surface area contributed by atoms with Gasteiger partial charge in [-0.05, 0) is 55.2 Å². The molecular formula is C22H25N3O3S2. The molecule has 0 aliphatic carbocycles. The van der Waals surface area contributed by atoms with Crippen LogP contribution in [0, 0.1) is 13.8 Å². The van der Waals surface area contributed by atoms with E-state index in [1.807, 2.05) is 32.0 Å². The molecule has 1 fully saturated rings. The predicted octanol–water partition coefficient (Wildman–Crippen LogP) is 3.79. The van der Waals surface area contributed by atoms with Gasteiger partial charge >= 0.3 is 0 Å². The fourth-order valence-corrected chi connectivity index (χ4v) is 6.76.